The van der Waals surface area contributed by atoms with Crippen molar-refractivity contribution in [3.8, 4) is 0 Å². The molecule has 2 heterocycles. The van der Waals surface area contributed by atoms with E-state index in [1.165, 1.54) is 17.4 Å². The molecule has 0 N–H and O–H groups in total. The van der Waals surface area contributed by atoms with Gasteiger partial charge in [-0.2, -0.15) is 4.99 Å². The van der Waals surface area contributed by atoms with Gasteiger partial charge in [-0.3, -0.25) is 19.3 Å². The Bertz CT molecular complexity index is 912. The van der Waals surface area contributed by atoms with Crippen molar-refractivity contribution in [3.05, 3.63) is 41.5 Å². The second-order valence-electron chi connectivity index (χ2n) is 5.25. The van der Waals surface area contributed by atoms with E-state index in [1.807, 2.05) is 0 Å². The molecule has 0 atom stereocenters. The van der Waals surface area contributed by atoms with Crippen LogP contribution in [0.15, 0.2) is 35.8 Å². The Balaban J connectivity index is 2.00. The third-order valence-electron chi connectivity index (χ3n) is 3.63. The third-order valence-corrected chi connectivity index (χ3v) is 4.68. The van der Waals surface area contributed by atoms with Gasteiger partial charge in [0, 0.05) is 19.4 Å². The topological polar surface area (TPSA) is 71.7 Å². The van der Waals surface area contributed by atoms with Crippen molar-refractivity contribution < 1.29 is 18.8 Å². The maximum Gasteiger partial charge on any atom is 0.268 e. The third kappa shape index (κ3) is 2.92. The first-order chi connectivity index (χ1) is 11.5. The van der Waals surface area contributed by atoms with Crippen LogP contribution < -0.4 is 4.80 Å². The number of para-hydroxylation sites is 1. The minimum atomic E-state index is -0.622. The molecule has 0 bridgehead atoms. The Morgan fingerprint density at radius 2 is 2.04 bits per heavy atom. The van der Waals surface area contributed by atoms with Gasteiger partial charge in [0.25, 0.3) is 5.91 Å². The number of hydrogen-bond donors (Lipinski definition) is 0. The highest BCUT2D eigenvalue weighted by atomic mass is 32.1. The summed E-state index contributed by atoms with van der Waals surface area (Å²) in [6.07, 6.45) is 1.82. The van der Waals surface area contributed by atoms with Crippen molar-refractivity contribution in [1.82, 2.24) is 9.47 Å². The van der Waals surface area contributed by atoms with Crippen molar-refractivity contribution in [2.45, 2.75) is 19.4 Å². The first-order valence-corrected chi connectivity index (χ1v) is 8.12. The van der Waals surface area contributed by atoms with Gasteiger partial charge < -0.3 is 4.57 Å². The second kappa shape index (κ2) is 6.48. The number of imide groups is 1. The maximum absolute atomic E-state index is 14.1. The van der Waals surface area contributed by atoms with Crippen LogP contribution in [0.5, 0.6) is 0 Å². The molecule has 3 amide bonds. The van der Waals surface area contributed by atoms with Gasteiger partial charge >= 0.3 is 0 Å². The van der Waals surface area contributed by atoms with Gasteiger partial charge in [0.05, 0.1) is 10.2 Å². The lowest BCUT2D eigenvalue weighted by atomic mass is 10.3. The van der Waals surface area contributed by atoms with E-state index in [1.54, 1.807) is 22.8 Å². The van der Waals surface area contributed by atoms with Crippen molar-refractivity contribution >= 4 is 39.3 Å². The van der Waals surface area contributed by atoms with Gasteiger partial charge in [-0.15, -0.1) is 6.58 Å². The molecule has 0 radical (unpaired) electrons. The monoisotopic (exact) mass is 347 g/mol. The van der Waals surface area contributed by atoms with E-state index in [9.17, 15) is 18.8 Å². The first-order valence-electron chi connectivity index (χ1n) is 7.30. The zero-order valence-electron chi connectivity index (χ0n) is 12.7. The molecule has 1 aromatic heterocycles. The van der Waals surface area contributed by atoms with Crippen LogP contribution >= 0.6 is 11.3 Å². The van der Waals surface area contributed by atoms with Crippen LogP contribution in [-0.2, 0) is 20.9 Å². The molecule has 1 saturated heterocycles. The van der Waals surface area contributed by atoms with Gasteiger partial charge in [-0.05, 0) is 12.1 Å². The Hall–Kier alpha value is -2.61. The van der Waals surface area contributed by atoms with E-state index >= 15 is 0 Å². The summed E-state index contributed by atoms with van der Waals surface area (Å²) < 4.78 is 16.3. The Morgan fingerprint density at radius 1 is 1.33 bits per heavy atom. The quantitative estimate of drug-likeness (QED) is 0.623. The van der Waals surface area contributed by atoms with E-state index in [2.05, 4.69) is 11.6 Å². The molecule has 0 spiro atoms. The van der Waals surface area contributed by atoms with Gasteiger partial charge in [0.2, 0.25) is 11.8 Å². The van der Waals surface area contributed by atoms with Crippen LogP contribution in [0.25, 0.3) is 10.2 Å². The van der Waals surface area contributed by atoms with Crippen LogP contribution in [0.2, 0.25) is 0 Å². The highest BCUT2D eigenvalue weighted by molar-refractivity contribution is 7.16. The predicted molar refractivity (Wildman–Crippen MR) is 86.5 cm³/mol. The fourth-order valence-electron chi connectivity index (χ4n) is 2.55. The zero-order valence-corrected chi connectivity index (χ0v) is 13.5. The van der Waals surface area contributed by atoms with Crippen LogP contribution in [-0.4, -0.2) is 33.7 Å². The number of thiazole rings is 1. The van der Waals surface area contributed by atoms with Gasteiger partial charge in [0.1, 0.15) is 12.4 Å². The fraction of sp³-hybridized carbons (Fsp3) is 0.250. The van der Waals surface area contributed by atoms with Crippen LogP contribution in [0, 0.1) is 5.82 Å². The largest absolute Gasteiger partial charge is 0.310 e. The summed E-state index contributed by atoms with van der Waals surface area (Å²) in [5, 5.41) is 0. The number of likely N-dealkylation sites (tertiary alicyclic amines) is 1. The van der Waals surface area contributed by atoms with Crippen molar-refractivity contribution in [3.63, 3.8) is 0 Å². The lowest BCUT2D eigenvalue weighted by Gasteiger charge is -2.10. The van der Waals surface area contributed by atoms with E-state index < -0.39 is 11.7 Å². The molecule has 0 unspecified atom stereocenters. The number of benzene rings is 1. The molecule has 1 aliphatic rings. The maximum atomic E-state index is 14.1. The van der Waals surface area contributed by atoms with Crippen LogP contribution in [0.4, 0.5) is 4.39 Å². The standard InChI is InChI=1S/C16H14FN3O3S/c1-2-8-19-15-10(17)4-3-5-11(15)24-16(19)18-12(21)9-20-13(22)6-7-14(20)23/h2-5H,1,6-9H2. The summed E-state index contributed by atoms with van der Waals surface area (Å²) in [5.41, 5.74) is 0.349. The minimum absolute atomic E-state index is 0.122. The molecule has 6 nitrogen and oxygen atoms in total. The number of amides is 3. The number of nitrogens with zero attached hydrogens (tertiary/aromatic N) is 3. The fourth-order valence-corrected chi connectivity index (χ4v) is 3.62. The number of fused-ring (bicyclic) bond motifs is 1. The average molecular weight is 347 g/mol. The van der Waals surface area contributed by atoms with Crippen molar-refractivity contribution in [2.75, 3.05) is 6.54 Å². The SMILES string of the molecule is C=CCn1c(=NC(=O)CN2C(=O)CCC2=O)sc2cccc(F)c21. The summed E-state index contributed by atoms with van der Waals surface area (Å²) in [6.45, 7) is 3.53. The van der Waals surface area contributed by atoms with E-state index in [0.29, 0.717) is 15.0 Å². The van der Waals surface area contributed by atoms with E-state index in [0.717, 1.165) is 4.90 Å². The summed E-state index contributed by atoms with van der Waals surface area (Å²) in [4.78, 5) is 40.5. The Labute approximate surface area is 140 Å². The molecular weight excluding hydrogens is 333 g/mol. The number of allylic oxidation sites excluding steroid dienone is 1. The summed E-state index contributed by atoms with van der Waals surface area (Å²) in [6, 6.07) is 4.65. The smallest absolute Gasteiger partial charge is 0.268 e. The molecule has 3 rings (SSSR count). The van der Waals surface area contributed by atoms with Crippen molar-refractivity contribution in [2.24, 2.45) is 4.99 Å². The van der Waals surface area contributed by atoms with Crippen molar-refractivity contribution in [1.29, 1.82) is 0 Å². The molecule has 24 heavy (non-hydrogen) atoms. The number of hydrogen-bond acceptors (Lipinski definition) is 4. The number of rotatable bonds is 4. The van der Waals surface area contributed by atoms with E-state index in [-0.39, 0.29) is 37.7 Å². The second-order valence-corrected chi connectivity index (χ2v) is 6.26. The molecular formula is C16H14FN3O3S. The Morgan fingerprint density at radius 3 is 2.71 bits per heavy atom. The summed E-state index contributed by atoms with van der Waals surface area (Å²) >= 11 is 1.17. The first kappa shape index (κ1) is 16.3. The molecule has 8 heteroatoms. The highest BCUT2D eigenvalue weighted by Crippen LogP contribution is 2.20. The molecule has 124 valence electrons. The van der Waals surface area contributed by atoms with Crippen LogP contribution in [0.1, 0.15) is 12.8 Å². The summed E-state index contributed by atoms with van der Waals surface area (Å²) in [5.74, 6) is -1.78. The van der Waals surface area contributed by atoms with Gasteiger partial charge in [0.15, 0.2) is 4.80 Å². The average Bonchev–Trinajstić information content (AvgIpc) is 3.04. The predicted octanol–water partition coefficient (Wildman–Crippen LogP) is 1.60. The molecule has 1 fully saturated rings. The molecule has 0 aliphatic carbocycles. The Kier molecular flexibility index (Phi) is 4.39. The zero-order chi connectivity index (χ0) is 17.3. The lowest BCUT2D eigenvalue weighted by Crippen LogP contribution is -2.34. The highest BCUT2D eigenvalue weighted by Gasteiger charge is 2.30. The van der Waals surface area contributed by atoms with E-state index in [4.69, 9.17) is 0 Å². The normalized spacial score (nSPS) is 15.5. The lowest BCUT2D eigenvalue weighted by molar-refractivity contribution is -0.141. The molecule has 1 aliphatic heterocycles. The summed E-state index contributed by atoms with van der Waals surface area (Å²) in [7, 11) is 0. The number of carbonyl (C=O) groups is 3. The minimum Gasteiger partial charge on any atom is -0.310 e. The molecule has 1 aromatic carbocycles. The van der Waals surface area contributed by atoms with Crippen LogP contribution in [0.3, 0.4) is 0 Å². The molecule has 0 saturated carbocycles. The number of carbonyl (C=O) groups excluding carboxylic acids is 3. The van der Waals surface area contributed by atoms with Gasteiger partial charge in [-0.1, -0.05) is 23.5 Å². The number of halogens is 1. The molecule has 2 aromatic rings. The number of aromatic nitrogens is 1. The van der Waals surface area contributed by atoms with Gasteiger partial charge in [-0.25, -0.2) is 4.39 Å².